The molecule has 0 aliphatic carbocycles. The monoisotopic (exact) mass is 326 g/mol. The number of rotatable bonds is 7. The minimum atomic E-state index is -0.933. The highest BCUT2D eigenvalue weighted by molar-refractivity contribution is 5.88. The molecule has 4 heteroatoms. The van der Waals surface area contributed by atoms with Crippen LogP contribution in [0.1, 0.15) is 40.4 Å². The lowest BCUT2D eigenvalue weighted by Gasteiger charge is -2.14. The smallest absolute Gasteiger partial charge is 0.335 e. The van der Waals surface area contributed by atoms with E-state index in [-0.39, 0.29) is 5.56 Å². The topological polar surface area (TPSA) is 55.8 Å². The van der Waals surface area contributed by atoms with E-state index in [2.05, 4.69) is 6.92 Å². The van der Waals surface area contributed by atoms with Gasteiger partial charge in [0.25, 0.3) is 0 Å². The van der Waals surface area contributed by atoms with Crippen molar-refractivity contribution in [2.75, 3.05) is 14.2 Å². The van der Waals surface area contributed by atoms with Crippen LogP contribution in [-0.4, -0.2) is 25.3 Å². The lowest BCUT2D eigenvalue weighted by Crippen LogP contribution is -1.97. The largest absolute Gasteiger partial charge is 0.496 e. The summed E-state index contributed by atoms with van der Waals surface area (Å²) in [5, 5.41) is 9.06. The number of methoxy groups -OCH3 is 2. The zero-order chi connectivity index (χ0) is 17.5. The fourth-order valence-electron chi connectivity index (χ4n) is 2.56. The zero-order valence-electron chi connectivity index (χ0n) is 14.2. The molecule has 2 rings (SSSR count). The maximum absolute atomic E-state index is 11.0. The predicted octanol–water partition coefficient (Wildman–Crippen LogP) is 4.52. The van der Waals surface area contributed by atoms with E-state index < -0.39 is 5.97 Å². The molecule has 0 bridgehead atoms. The molecule has 0 unspecified atom stereocenters. The zero-order valence-corrected chi connectivity index (χ0v) is 14.2. The summed E-state index contributed by atoms with van der Waals surface area (Å²) < 4.78 is 11.0. The van der Waals surface area contributed by atoms with Crippen LogP contribution < -0.4 is 9.47 Å². The molecular formula is C20H22O4. The van der Waals surface area contributed by atoms with Gasteiger partial charge >= 0.3 is 5.97 Å². The summed E-state index contributed by atoms with van der Waals surface area (Å²) in [6.45, 7) is 2.11. The van der Waals surface area contributed by atoms with Crippen molar-refractivity contribution in [3.63, 3.8) is 0 Å². The molecule has 0 heterocycles. The first kappa shape index (κ1) is 17.6. The van der Waals surface area contributed by atoms with Crippen molar-refractivity contribution in [3.05, 3.63) is 58.7 Å². The van der Waals surface area contributed by atoms with Gasteiger partial charge in [-0.25, -0.2) is 4.79 Å². The van der Waals surface area contributed by atoms with E-state index in [1.807, 2.05) is 30.4 Å². The highest BCUT2D eigenvalue weighted by Crippen LogP contribution is 2.32. The van der Waals surface area contributed by atoms with Gasteiger partial charge in [0.2, 0.25) is 0 Å². The molecule has 0 amide bonds. The summed E-state index contributed by atoms with van der Waals surface area (Å²) in [7, 11) is 3.30. The van der Waals surface area contributed by atoms with Gasteiger partial charge in [-0.15, -0.1) is 0 Å². The number of hydrogen-bond donors (Lipinski definition) is 1. The molecule has 0 spiro atoms. The number of aromatic carboxylic acids is 1. The standard InChI is InChI=1S/C20H22O4/c1-4-6-17-18(23-2)12-15(13-19(17)24-3)10-9-14-7-5-8-16(11-14)20(21)22/h5,7-13H,4,6H2,1-3H3,(H,21,22). The van der Waals surface area contributed by atoms with Gasteiger partial charge in [0.1, 0.15) is 11.5 Å². The first-order valence-corrected chi connectivity index (χ1v) is 7.85. The third-order valence-electron chi connectivity index (χ3n) is 3.73. The first-order chi connectivity index (χ1) is 11.6. The fourth-order valence-corrected chi connectivity index (χ4v) is 2.56. The van der Waals surface area contributed by atoms with Crippen LogP contribution in [0.3, 0.4) is 0 Å². The highest BCUT2D eigenvalue weighted by Gasteiger charge is 2.11. The van der Waals surface area contributed by atoms with Crippen molar-refractivity contribution in [2.45, 2.75) is 19.8 Å². The lowest BCUT2D eigenvalue weighted by molar-refractivity contribution is 0.0697. The molecule has 0 atom stereocenters. The molecule has 0 fully saturated rings. The molecule has 1 N–H and O–H groups in total. The Bertz CT molecular complexity index is 722. The second-order valence-electron chi connectivity index (χ2n) is 5.42. The Balaban J connectivity index is 2.35. The van der Waals surface area contributed by atoms with E-state index in [0.29, 0.717) is 0 Å². The number of hydrogen-bond acceptors (Lipinski definition) is 3. The fraction of sp³-hybridized carbons (Fsp3) is 0.250. The average Bonchev–Trinajstić information content (AvgIpc) is 2.60. The molecule has 126 valence electrons. The molecule has 0 aliphatic heterocycles. The van der Waals surface area contributed by atoms with Crippen LogP contribution in [0, 0.1) is 0 Å². The van der Waals surface area contributed by atoms with Gasteiger partial charge in [0, 0.05) is 5.56 Å². The quantitative estimate of drug-likeness (QED) is 0.760. The van der Waals surface area contributed by atoms with Crippen LogP contribution in [0.2, 0.25) is 0 Å². The molecule has 0 saturated heterocycles. The van der Waals surface area contributed by atoms with Crippen molar-refractivity contribution in [2.24, 2.45) is 0 Å². The Morgan fingerprint density at radius 1 is 1.04 bits per heavy atom. The molecule has 4 nitrogen and oxygen atoms in total. The number of ether oxygens (including phenoxy) is 2. The van der Waals surface area contributed by atoms with Crippen molar-refractivity contribution < 1.29 is 19.4 Å². The van der Waals surface area contributed by atoms with Crippen LogP contribution in [0.25, 0.3) is 12.2 Å². The van der Waals surface area contributed by atoms with Crippen LogP contribution >= 0.6 is 0 Å². The van der Waals surface area contributed by atoms with E-state index in [1.165, 1.54) is 0 Å². The second kappa shape index (κ2) is 8.20. The van der Waals surface area contributed by atoms with Crippen LogP contribution in [-0.2, 0) is 6.42 Å². The SMILES string of the molecule is CCCc1c(OC)cc(C=Cc2cccc(C(=O)O)c2)cc1OC. The average molecular weight is 326 g/mol. The number of carbonyl (C=O) groups is 1. The predicted molar refractivity (Wildman–Crippen MR) is 95.9 cm³/mol. The third-order valence-corrected chi connectivity index (χ3v) is 3.73. The van der Waals surface area contributed by atoms with Gasteiger partial charge < -0.3 is 14.6 Å². The Morgan fingerprint density at radius 2 is 1.67 bits per heavy atom. The van der Waals surface area contributed by atoms with E-state index in [4.69, 9.17) is 14.6 Å². The molecule has 24 heavy (non-hydrogen) atoms. The summed E-state index contributed by atoms with van der Waals surface area (Å²) in [5.74, 6) is 0.669. The minimum Gasteiger partial charge on any atom is -0.496 e. The first-order valence-electron chi connectivity index (χ1n) is 7.85. The summed E-state index contributed by atoms with van der Waals surface area (Å²) in [5.41, 5.74) is 3.09. The van der Waals surface area contributed by atoms with Gasteiger partial charge in [0.05, 0.1) is 19.8 Å². The van der Waals surface area contributed by atoms with E-state index in [0.717, 1.165) is 41.0 Å². The van der Waals surface area contributed by atoms with Crippen molar-refractivity contribution in [1.29, 1.82) is 0 Å². The Morgan fingerprint density at radius 3 is 2.21 bits per heavy atom. The summed E-state index contributed by atoms with van der Waals surface area (Å²) in [4.78, 5) is 11.0. The van der Waals surface area contributed by atoms with E-state index >= 15 is 0 Å². The summed E-state index contributed by atoms with van der Waals surface area (Å²) >= 11 is 0. The maximum Gasteiger partial charge on any atom is 0.335 e. The molecule has 2 aromatic rings. The number of carboxylic acids is 1. The van der Waals surface area contributed by atoms with Gasteiger partial charge in [0.15, 0.2) is 0 Å². The Hall–Kier alpha value is -2.75. The molecule has 2 aromatic carbocycles. The van der Waals surface area contributed by atoms with Gasteiger partial charge in [-0.3, -0.25) is 0 Å². The van der Waals surface area contributed by atoms with Crippen LogP contribution in [0.15, 0.2) is 36.4 Å². The molecular weight excluding hydrogens is 304 g/mol. The third kappa shape index (κ3) is 4.16. The lowest BCUT2D eigenvalue weighted by atomic mass is 10.0. The second-order valence-corrected chi connectivity index (χ2v) is 5.42. The molecule has 0 aliphatic rings. The number of benzene rings is 2. The van der Waals surface area contributed by atoms with Crippen molar-refractivity contribution in [3.8, 4) is 11.5 Å². The van der Waals surface area contributed by atoms with Crippen LogP contribution in [0.5, 0.6) is 11.5 Å². The summed E-state index contributed by atoms with van der Waals surface area (Å²) in [6, 6.07) is 10.7. The van der Waals surface area contributed by atoms with Gasteiger partial charge in [-0.1, -0.05) is 37.6 Å². The minimum absolute atomic E-state index is 0.269. The Kier molecular flexibility index (Phi) is 6.01. The number of carboxylic acid groups (broad SMARTS) is 1. The van der Waals surface area contributed by atoms with Gasteiger partial charge in [-0.2, -0.15) is 0 Å². The molecule has 0 radical (unpaired) electrons. The van der Waals surface area contributed by atoms with Crippen LogP contribution in [0.4, 0.5) is 0 Å². The highest BCUT2D eigenvalue weighted by atomic mass is 16.5. The normalized spacial score (nSPS) is 10.8. The Labute approximate surface area is 142 Å². The van der Waals surface area contributed by atoms with Gasteiger partial charge in [-0.05, 0) is 41.8 Å². The van der Waals surface area contributed by atoms with E-state index in [1.54, 1.807) is 32.4 Å². The van der Waals surface area contributed by atoms with Crippen molar-refractivity contribution in [1.82, 2.24) is 0 Å². The molecule has 0 aromatic heterocycles. The maximum atomic E-state index is 11.0. The van der Waals surface area contributed by atoms with E-state index in [9.17, 15) is 4.79 Å². The van der Waals surface area contributed by atoms with Crippen molar-refractivity contribution >= 4 is 18.1 Å². The molecule has 0 saturated carbocycles. The summed E-state index contributed by atoms with van der Waals surface area (Å²) in [6.07, 6.45) is 5.68.